The van der Waals surface area contributed by atoms with Gasteiger partial charge in [-0.25, -0.2) is 9.79 Å². The van der Waals surface area contributed by atoms with Gasteiger partial charge in [0.1, 0.15) is 16.5 Å². The van der Waals surface area contributed by atoms with Gasteiger partial charge in [-0.3, -0.25) is 0 Å². The Kier molecular flexibility index (Phi) is 4.34. The largest absolute Gasteiger partial charge is 0.508 e. The number of benzene rings is 1. The lowest BCUT2D eigenvalue weighted by Crippen LogP contribution is -2.07. The zero-order chi connectivity index (χ0) is 16.4. The van der Waals surface area contributed by atoms with Gasteiger partial charge in [0, 0.05) is 22.7 Å². The molecule has 3 rings (SSSR count). The highest BCUT2D eigenvalue weighted by molar-refractivity contribution is 7.16. The van der Waals surface area contributed by atoms with Crippen molar-refractivity contribution in [3.05, 3.63) is 39.8 Å². The molecule has 2 N–H and O–H groups in total. The Labute approximate surface area is 137 Å². The van der Waals surface area contributed by atoms with E-state index < -0.39 is 0 Å². The van der Waals surface area contributed by atoms with E-state index in [2.05, 4.69) is 4.99 Å². The summed E-state index contributed by atoms with van der Waals surface area (Å²) in [6, 6.07) is 4.29. The van der Waals surface area contributed by atoms with Crippen LogP contribution in [0.4, 0.5) is 5.00 Å². The molecule has 0 radical (unpaired) electrons. The zero-order valence-electron chi connectivity index (χ0n) is 12.7. The molecule has 0 atom stereocenters. The van der Waals surface area contributed by atoms with Gasteiger partial charge in [-0.15, -0.1) is 11.3 Å². The molecule has 6 heteroatoms. The topological polar surface area (TPSA) is 79.1 Å². The van der Waals surface area contributed by atoms with Crippen LogP contribution in [0.15, 0.2) is 23.2 Å². The van der Waals surface area contributed by atoms with Crippen molar-refractivity contribution in [1.82, 2.24) is 0 Å². The number of carbonyl (C=O) groups excluding carboxylic acids is 1. The first-order valence-corrected chi connectivity index (χ1v) is 8.20. The number of esters is 1. The van der Waals surface area contributed by atoms with Gasteiger partial charge in [0.25, 0.3) is 0 Å². The molecular formula is C17H17NO4S. The van der Waals surface area contributed by atoms with Crippen LogP contribution in [0.2, 0.25) is 0 Å². The van der Waals surface area contributed by atoms with Crippen molar-refractivity contribution in [3.63, 3.8) is 0 Å². The number of phenolic OH excluding ortho intramolecular Hbond substituents is 2. The van der Waals surface area contributed by atoms with Crippen molar-refractivity contribution in [1.29, 1.82) is 0 Å². The first kappa shape index (κ1) is 15.6. The van der Waals surface area contributed by atoms with Crippen LogP contribution in [0.5, 0.6) is 11.5 Å². The Bertz CT molecular complexity index is 779. The molecule has 0 saturated heterocycles. The average molecular weight is 331 g/mol. The third kappa shape index (κ3) is 3.07. The number of carbonyl (C=O) groups is 1. The van der Waals surface area contributed by atoms with E-state index in [0.29, 0.717) is 16.1 Å². The lowest BCUT2D eigenvalue weighted by molar-refractivity contribution is 0.0601. The first-order chi connectivity index (χ1) is 11.1. The molecule has 5 nitrogen and oxygen atoms in total. The summed E-state index contributed by atoms with van der Waals surface area (Å²) in [7, 11) is 1.37. The van der Waals surface area contributed by atoms with E-state index in [1.54, 1.807) is 6.07 Å². The smallest absolute Gasteiger partial charge is 0.341 e. The number of rotatable bonds is 3. The highest BCUT2D eigenvalue weighted by atomic mass is 32.1. The molecule has 1 aliphatic rings. The van der Waals surface area contributed by atoms with Crippen LogP contribution in [0.25, 0.3) is 0 Å². The van der Waals surface area contributed by atoms with E-state index >= 15 is 0 Å². The predicted octanol–water partition coefficient (Wildman–Crippen LogP) is 3.58. The highest BCUT2D eigenvalue weighted by Crippen LogP contribution is 2.40. The van der Waals surface area contributed by atoms with E-state index in [1.807, 2.05) is 0 Å². The van der Waals surface area contributed by atoms with Gasteiger partial charge in [-0.05, 0) is 43.4 Å². The molecule has 1 heterocycles. The molecule has 0 bridgehead atoms. The SMILES string of the molecule is COC(=O)c1c(N=Cc2ccc(O)cc2O)sc2c1CCCC2. The molecule has 1 aliphatic carbocycles. The Morgan fingerprint density at radius 1 is 1.30 bits per heavy atom. The van der Waals surface area contributed by atoms with E-state index in [9.17, 15) is 15.0 Å². The minimum atomic E-state index is -0.369. The maximum atomic E-state index is 12.1. The van der Waals surface area contributed by atoms with Crippen LogP contribution in [0.1, 0.15) is 39.2 Å². The quantitative estimate of drug-likeness (QED) is 0.665. The minimum Gasteiger partial charge on any atom is -0.508 e. The Hall–Kier alpha value is -2.34. The maximum Gasteiger partial charge on any atom is 0.341 e. The number of aliphatic imine (C=N–C) groups is 1. The van der Waals surface area contributed by atoms with Crippen LogP contribution in [0, 0.1) is 0 Å². The van der Waals surface area contributed by atoms with Crippen LogP contribution in [0.3, 0.4) is 0 Å². The Morgan fingerprint density at radius 2 is 2.09 bits per heavy atom. The van der Waals surface area contributed by atoms with Gasteiger partial charge in [0.2, 0.25) is 0 Å². The average Bonchev–Trinajstić information content (AvgIpc) is 2.91. The first-order valence-electron chi connectivity index (χ1n) is 7.39. The molecule has 1 aromatic heterocycles. The molecule has 0 fully saturated rings. The number of ether oxygens (including phenoxy) is 1. The van der Waals surface area contributed by atoms with Crippen LogP contribution in [-0.4, -0.2) is 29.5 Å². The second kappa shape index (κ2) is 6.42. The minimum absolute atomic E-state index is 0.0125. The van der Waals surface area contributed by atoms with Gasteiger partial charge >= 0.3 is 5.97 Å². The highest BCUT2D eigenvalue weighted by Gasteiger charge is 2.25. The number of hydrogen-bond donors (Lipinski definition) is 2. The number of hydrogen-bond acceptors (Lipinski definition) is 6. The van der Waals surface area contributed by atoms with E-state index in [0.717, 1.165) is 31.2 Å². The molecular weight excluding hydrogens is 314 g/mol. The molecule has 1 aromatic carbocycles. The molecule has 0 amide bonds. The summed E-state index contributed by atoms with van der Waals surface area (Å²) in [6.45, 7) is 0. The fourth-order valence-corrected chi connectivity index (χ4v) is 3.95. The monoisotopic (exact) mass is 331 g/mol. The van der Waals surface area contributed by atoms with Crippen LogP contribution in [-0.2, 0) is 17.6 Å². The summed E-state index contributed by atoms with van der Waals surface area (Å²) < 4.78 is 4.90. The summed E-state index contributed by atoms with van der Waals surface area (Å²) in [5, 5.41) is 19.7. The Balaban J connectivity index is 2.00. The summed E-state index contributed by atoms with van der Waals surface area (Å²) in [4.78, 5) is 17.7. The number of aryl methyl sites for hydroxylation is 1. The van der Waals surface area contributed by atoms with Crippen molar-refractivity contribution in [3.8, 4) is 11.5 Å². The molecule has 0 spiro atoms. The number of fused-ring (bicyclic) bond motifs is 1. The summed E-state index contributed by atoms with van der Waals surface area (Å²) in [5.41, 5.74) is 2.07. The van der Waals surface area contributed by atoms with Gasteiger partial charge in [-0.1, -0.05) is 0 Å². The summed E-state index contributed by atoms with van der Waals surface area (Å²) >= 11 is 1.50. The number of nitrogens with zero attached hydrogens (tertiary/aromatic N) is 1. The number of thiophene rings is 1. The fraction of sp³-hybridized carbons (Fsp3) is 0.294. The normalized spacial score (nSPS) is 14.0. The molecule has 0 aliphatic heterocycles. The van der Waals surface area contributed by atoms with E-state index in [1.165, 1.54) is 41.7 Å². The lowest BCUT2D eigenvalue weighted by atomic mass is 9.95. The standard InChI is InChI=1S/C17H17NO4S/c1-22-17(21)15-12-4-2-3-5-14(12)23-16(15)18-9-10-6-7-11(19)8-13(10)20/h6-9,19-20H,2-5H2,1H3. The molecule has 120 valence electrons. The number of methoxy groups -OCH3 is 1. The summed E-state index contributed by atoms with van der Waals surface area (Å²) in [6.07, 6.45) is 5.52. The lowest BCUT2D eigenvalue weighted by Gasteiger charge is -2.11. The van der Waals surface area contributed by atoms with Crippen LogP contribution >= 0.6 is 11.3 Å². The van der Waals surface area contributed by atoms with Crippen molar-refractivity contribution >= 4 is 28.5 Å². The predicted molar refractivity (Wildman–Crippen MR) is 89.3 cm³/mol. The summed E-state index contributed by atoms with van der Waals surface area (Å²) in [5.74, 6) is -0.442. The molecule has 23 heavy (non-hydrogen) atoms. The second-order valence-electron chi connectivity index (χ2n) is 5.38. The van der Waals surface area contributed by atoms with Crippen molar-refractivity contribution in [2.75, 3.05) is 7.11 Å². The Morgan fingerprint density at radius 3 is 2.83 bits per heavy atom. The second-order valence-corrected chi connectivity index (χ2v) is 6.47. The molecule has 2 aromatic rings. The van der Waals surface area contributed by atoms with Crippen molar-refractivity contribution in [2.24, 2.45) is 4.99 Å². The number of phenols is 2. The maximum absolute atomic E-state index is 12.1. The van der Waals surface area contributed by atoms with Crippen molar-refractivity contribution in [2.45, 2.75) is 25.7 Å². The van der Waals surface area contributed by atoms with E-state index in [-0.39, 0.29) is 17.5 Å². The van der Waals surface area contributed by atoms with Crippen LogP contribution < -0.4 is 0 Å². The number of aromatic hydroxyl groups is 2. The van der Waals surface area contributed by atoms with Gasteiger partial charge in [0.15, 0.2) is 0 Å². The zero-order valence-corrected chi connectivity index (χ0v) is 13.5. The third-order valence-corrected chi connectivity index (χ3v) is 5.08. The fourth-order valence-electron chi connectivity index (χ4n) is 2.72. The molecule has 0 saturated carbocycles. The van der Waals surface area contributed by atoms with Gasteiger partial charge in [0.05, 0.1) is 12.7 Å². The van der Waals surface area contributed by atoms with Gasteiger partial charge < -0.3 is 14.9 Å². The third-order valence-electron chi connectivity index (χ3n) is 3.88. The molecule has 0 unspecified atom stereocenters. The van der Waals surface area contributed by atoms with Crippen molar-refractivity contribution < 1.29 is 19.7 Å². The van der Waals surface area contributed by atoms with Gasteiger partial charge in [-0.2, -0.15) is 0 Å². The van der Waals surface area contributed by atoms with E-state index in [4.69, 9.17) is 4.74 Å².